The Hall–Kier alpha value is -1.18. The molecule has 5 heteroatoms. The smallest absolute Gasteiger partial charge is 0.336 e. The molecule has 1 aromatic carbocycles. The van der Waals surface area contributed by atoms with Gasteiger partial charge in [0.2, 0.25) is 0 Å². The van der Waals surface area contributed by atoms with E-state index in [1.165, 1.54) is 12.1 Å². The molecule has 1 aromatic rings. The van der Waals surface area contributed by atoms with Crippen LogP contribution in [0.25, 0.3) is 0 Å². The molecule has 0 fully saturated rings. The highest BCUT2D eigenvalue weighted by atomic mass is 35.5. The number of carboxylic acid groups (broad SMARTS) is 1. The highest BCUT2D eigenvalue weighted by Crippen LogP contribution is 2.21. The van der Waals surface area contributed by atoms with E-state index in [2.05, 4.69) is 12.6 Å². The number of alkyl halides is 1. The zero-order valence-corrected chi connectivity index (χ0v) is 8.64. The molecule has 0 aliphatic carbocycles. The minimum Gasteiger partial charge on any atom is -0.478 e. The van der Waals surface area contributed by atoms with E-state index in [0.29, 0.717) is 10.5 Å². The third kappa shape index (κ3) is 2.00. The van der Waals surface area contributed by atoms with E-state index >= 15 is 0 Å². The summed E-state index contributed by atoms with van der Waals surface area (Å²) in [5.41, 5.74) is 0.619. The van der Waals surface area contributed by atoms with Crippen molar-refractivity contribution in [3.05, 3.63) is 28.8 Å². The number of halogens is 1. The lowest BCUT2D eigenvalue weighted by molar-refractivity contribution is 0.0695. The van der Waals surface area contributed by atoms with Crippen molar-refractivity contribution in [1.29, 1.82) is 5.26 Å². The maximum absolute atomic E-state index is 10.8. The molecule has 0 saturated carbocycles. The van der Waals surface area contributed by atoms with E-state index < -0.39 is 5.97 Å². The second-order valence-corrected chi connectivity index (χ2v) is 3.35. The zero-order chi connectivity index (χ0) is 10.7. The Morgan fingerprint density at radius 2 is 2.29 bits per heavy atom. The van der Waals surface area contributed by atoms with Crippen LogP contribution in [0.15, 0.2) is 17.0 Å². The Kier molecular flexibility index (Phi) is 3.39. The standard InChI is InChI=1S/C9H6ClNO2S/c10-3-8-5(4-11)1-6(14)2-7(8)9(12)13/h1-2,14H,3H2,(H,12,13). The van der Waals surface area contributed by atoms with E-state index in [1.54, 1.807) is 0 Å². The highest BCUT2D eigenvalue weighted by Gasteiger charge is 2.14. The van der Waals surface area contributed by atoms with Gasteiger partial charge in [-0.25, -0.2) is 4.79 Å². The van der Waals surface area contributed by atoms with Crippen molar-refractivity contribution in [3.63, 3.8) is 0 Å². The molecular formula is C9H6ClNO2S. The maximum Gasteiger partial charge on any atom is 0.336 e. The van der Waals surface area contributed by atoms with Gasteiger partial charge in [0, 0.05) is 10.8 Å². The van der Waals surface area contributed by atoms with Crippen molar-refractivity contribution in [2.24, 2.45) is 0 Å². The van der Waals surface area contributed by atoms with Gasteiger partial charge in [0.05, 0.1) is 17.2 Å². The summed E-state index contributed by atoms with van der Waals surface area (Å²) in [6, 6.07) is 4.76. The van der Waals surface area contributed by atoms with E-state index in [1.807, 2.05) is 6.07 Å². The Balaban J connectivity index is 3.49. The van der Waals surface area contributed by atoms with Crippen LogP contribution in [0.5, 0.6) is 0 Å². The lowest BCUT2D eigenvalue weighted by Gasteiger charge is -2.05. The van der Waals surface area contributed by atoms with Crippen molar-refractivity contribution >= 4 is 30.2 Å². The van der Waals surface area contributed by atoms with Gasteiger partial charge in [-0.2, -0.15) is 5.26 Å². The molecule has 0 aliphatic rings. The van der Waals surface area contributed by atoms with Crippen molar-refractivity contribution in [2.45, 2.75) is 10.8 Å². The van der Waals surface area contributed by atoms with Crippen molar-refractivity contribution in [3.8, 4) is 6.07 Å². The fraction of sp³-hybridized carbons (Fsp3) is 0.111. The zero-order valence-electron chi connectivity index (χ0n) is 6.99. The topological polar surface area (TPSA) is 61.1 Å². The first-order chi connectivity index (χ1) is 6.60. The largest absolute Gasteiger partial charge is 0.478 e. The first-order valence-corrected chi connectivity index (χ1v) is 4.63. The summed E-state index contributed by atoms with van der Waals surface area (Å²) in [6.45, 7) is 0. The Bertz CT molecular complexity index is 426. The molecule has 72 valence electrons. The summed E-state index contributed by atoms with van der Waals surface area (Å²) in [4.78, 5) is 11.2. The lowest BCUT2D eigenvalue weighted by Crippen LogP contribution is -2.03. The molecular weight excluding hydrogens is 222 g/mol. The average Bonchev–Trinajstić information content (AvgIpc) is 2.16. The molecule has 0 bridgehead atoms. The summed E-state index contributed by atoms with van der Waals surface area (Å²) in [5.74, 6) is -1.11. The number of hydrogen-bond donors (Lipinski definition) is 2. The van der Waals surface area contributed by atoms with Crippen LogP contribution in [0.2, 0.25) is 0 Å². The van der Waals surface area contributed by atoms with Crippen LogP contribution < -0.4 is 0 Å². The molecule has 0 heterocycles. The second kappa shape index (κ2) is 4.36. The number of aromatic carboxylic acids is 1. The fourth-order valence-corrected chi connectivity index (χ4v) is 1.64. The number of benzene rings is 1. The van der Waals surface area contributed by atoms with Crippen LogP contribution in [0.4, 0.5) is 0 Å². The molecule has 14 heavy (non-hydrogen) atoms. The first-order valence-electron chi connectivity index (χ1n) is 3.65. The summed E-state index contributed by atoms with van der Waals surface area (Å²) >= 11 is 9.57. The van der Waals surface area contributed by atoms with Crippen LogP contribution in [-0.2, 0) is 5.88 Å². The first kappa shape index (κ1) is 10.9. The summed E-state index contributed by atoms with van der Waals surface area (Å²) in [5, 5.41) is 17.6. The van der Waals surface area contributed by atoms with Gasteiger partial charge in [-0.05, 0) is 17.7 Å². The van der Waals surface area contributed by atoms with Gasteiger partial charge in [-0.1, -0.05) is 0 Å². The Labute approximate surface area is 91.3 Å². The van der Waals surface area contributed by atoms with Crippen LogP contribution in [-0.4, -0.2) is 11.1 Å². The van der Waals surface area contributed by atoms with E-state index in [9.17, 15) is 4.79 Å². The predicted molar refractivity (Wildman–Crippen MR) is 54.9 cm³/mol. The number of hydrogen-bond acceptors (Lipinski definition) is 3. The van der Waals surface area contributed by atoms with Gasteiger partial charge in [0.15, 0.2) is 0 Å². The van der Waals surface area contributed by atoms with Crippen molar-refractivity contribution < 1.29 is 9.90 Å². The third-order valence-electron chi connectivity index (χ3n) is 1.72. The summed E-state index contributed by atoms with van der Waals surface area (Å²) in [7, 11) is 0. The van der Waals surface area contributed by atoms with Crippen molar-refractivity contribution in [2.75, 3.05) is 0 Å². The third-order valence-corrected chi connectivity index (χ3v) is 2.24. The molecule has 0 spiro atoms. The van der Waals surface area contributed by atoms with Gasteiger partial charge < -0.3 is 5.11 Å². The molecule has 3 nitrogen and oxygen atoms in total. The van der Waals surface area contributed by atoms with Crippen LogP contribution in [0.3, 0.4) is 0 Å². The molecule has 1 N–H and O–H groups in total. The van der Waals surface area contributed by atoms with E-state index in [4.69, 9.17) is 22.0 Å². The Morgan fingerprint density at radius 1 is 1.64 bits per heavy atom. The van der Waals surface area contributed by atoms with Gasteiger partial charge in [0.1, 0.15) is 0 Å². The molecule has 0 saturated heterocycles. The summed E-state index contributed by atoms with van der Waals surface area (Å²) in [6.07, 6.45) is 0. The monoisotopic (exact) mass is 227 g/mol. The second-order valence-electron chi connectivity index (χ2n) is 2.57. The van der Waals surface area contributed by atoms with Gasteiger partial charge in [-0.15, -0.1) is 24.2 Å². The molecule has 0 aromatic heterocycles. The quantitative estimate of drug-likeness (QED) is 0.602. The van der Waals surface area contributed by atoms with Crippen LogP contribution in [0, 0.1) is 11.3 Å². The molecule has 0 aliphatic heterocycles. The van der Waals surface area contributed by atoms with Crippen LogP contribution >= 0.6 is 24.2 Å². The highest BCUT2D eigenvalue weighted by molar-refractivity contribution is 7.80. The van der Waals surface area contributed by atoms with Gasteiger partial charge in [-0.3, -0.25) is 0 Å². The number of nitrogens with zero attached hydrogens (tertiary/aromatic N) is 1. The number of carboxylic acids is 1. The average molecular weight is 228 g/mol. The van der Waals surface area contributed by atoms with E-state index in [0.717, 1.165) is 0 Å². The normalized spacial score (nSPS) is 9.50. The Morgan fingerprint density at radius 3 is 2.71 bits per heavy atom. The molecule has 0 unspecified atom stereocenters. The molecule has 0 radical (unpaired) electrons. The van der Waals surface area contributed by atoms with Crippen LogP contribution in [0.1, 0.15) is 21.5 Å². The summed E-state index contributed by atoms with van der Waals surface area (Å²) < 4.78 is 0. The minimum atomic E-state index is -1.10. The SMILES string of the molecule is N#Cc1cc(S)cc(C(=O)O)c1CCl. The number of rotatable bonds is 2. The number of thiol groups is 1. The molecule has 1 rings (SSSR count). The molecule has 0 amide bonds. The maximum atomic E-state index is 10.8. The number of carbonyl (C=O) groups is 1. The van der Waals surface area contributed by atoms with Gasteiger partial charge >= 0.3 is 5.97 Å². The lowest BCUT2D eigenvalue weighted by atomic mass is 10.0. The molecule has 0 atom stereocenters. The number of nitriles is 1. The minimum absolute atomic E-state index is 0.00140. The fourth-order valence-electron chi connectivity index (χ4n) is 1.09. The predicted octanol–water partition coefficient (Wildman–Crippen LogP) is 2.28. The van der Waals surface area contributed by atoms with E-state index in [-0.39, 0.29) is 17.0 Å². The van der Waals surface area contributed by atoms with Crippen molar-refractivity contribution in [1.82, 2.24) is 0 Å². The van der Waals surface area contributed by atoms with Gasteiger partial charge in [0.25, 0.3) is 0 Å².